The summed E-state index contributed by atoms with van der Waals surface area (Å²) in [6.07, 6.45) is 5.52. The number of aryl methyl sites for hydroxylation is 3. The van der Waals surface area contributed by atoms with Crippen LogP contribution in [0.2, 0.25) is 0 Å². The average molecular weight is 594 g/mol. The van der Waals surface area contributed by atoms with Crippen molar-refractivity contribution < 1.29 is 14.3 Å². The van der Waals surface area contributed by atoms with E-state index in [1.807, 2.05) is 4.57 Å². The first-order valence-electron chi connectivity index (χ1n) is 11.1. The number of ether oxygens (including phenoxy) is 1. The highest BCUT2D eigenvalue weighted by Gasteiger charge is 2.30. The molecule has 0 fully saturated rings. The van der Waals surface area contributed by atoms with E-state index in [2.05, 4.69) is 50.0 Å². The van der Waals surface area contributed by atoms with E-state index in [0.29, 0.717) is 36.5 Å². The number of carbonyl (C=O) groups is 2. The summed E-state index contributed by atoms with van der Waals surface area (Å²) in [5.74, 6) is -0.497. The molecule has 0 saturated heterocycles. The molecule has 2 aromatic heterocycles. The number of halogens is 1. The van der Waals surface area contributed by atoms with Gasteiger partial charge in [0.25, 0.3) is 5.91 Å². The summed E-state index contributed by atoms with van der Waals surface area (Å²) in [7, 11) is 0. The molecule has 3 aromatic rings. The van der Waals surface area contributed by atoms with Crippen molar-refractivity contribution in [3.8, 4) is 0 Å². The average Bonchev–Trinajstić information content (AvgIpc) is 3.35. The molecule has 0 bridgehead atoms. The normalized spacial score (nSPS) is 13.2. The maximum atomic E-state index is 12.4. The molecule has 1 aliphatic rings. The molecule has 1 aromatic carbocycles. The van der Waals surface area contributed by atoms with Crippen LogP contribution in [0.4, 0.5) is 5.82 Å². The summed E-state index contributed by atoms with van der Waals surface area (Å²) < 4.78 is 8.31. The molecule has 0 atom stereocenters. The van der Waals surface area contributed by atoms with Crippen LogP contribution in [0.25, 0.3) is 11.2 Å². The topological polar surface area (TPSA) is 125 Å². The third kappa shape index (κ3) is 5.29. The van der Waals surface area contributed by atoms with Crippen molar-refractivity contribution in [1.82, 2.24) is 24.8 Å². The van der Waals surface area contributed by atoms with Crippen LogP contribution in [0.1, 0.15) is 44.7 Å². The van der Waals surface area contributed by atoms with Crippen molar-refractivity contribution in [1.29, 1.82) is 0 Å². The smallest absolute Gasteiger partial charge is 0.303 e. The van der Waals surface area contributed by atoms with Crippen LogP contribution in [0, 0.1) is 3.57 Å². The summed E-state index contributed by atoms with van der Waals surface area (Å²) in [5.41, 5.74) is 8.94. The predicted octanol–water partition coefficient (Wildman–Crippen LogP) is 3.50. The van der Waals surface area contributed by atoms with Gasteiger partial charge in [0.2, 0.25) is 0 Å². The Labute approximate surface area is 215 Å². The minimum Gasteiger partial charge on any atom is -0.450 e. The van der Waals surface area contributed by atoms with Gasteiger partial charge in [0.05, 0.1) is 0 Å². The number of nitrogen functional groups attached to an aromatic ring is 1. The molecule has 11 heteroatoms. The van der Waals surface area contributed by atoms with Gasteiger partial charge in [0.1, 0.15) is 6.33 Å². The summed E-state index contributed by atoms with van der Waals surface area (Å²) in [6.45, 7) is 5.41. The van der Waals surface area contributed by atoms with E-state index in [4.69, 9.17) is 15.5 Å². The number of nitrogens with two attached hydrogens (primary N) is 1. The number of fused-ring (bicyclic) bond motifs is 2. The number of hydrogen-bond donors (Lipinski definition) is 2. The van der Waals surface area contributed by atoms with Gasteiger partial charge in [-0.3, -0.25) is 9.59 Å². The molecular formula is C23H27IN6O3S. The molecule has 9 nitrogen and oxygen atoms in total. The maximum absolute atomic E-state index is 12.4. The van der Waals surface area contributed by atoms with E-state index < -0.39 is 11.6 Å². The van der Waals surface area contributed by atoms with E-state index in [9.17, 15) is 9.59 Å². The van der Waals surface area contributed by atoms with Gasteiger partial charge in [0.15, 0.2) is 27.7 Å². The van der Waals surface area contributed by atoms with Crippen LogP contribution in [0.15, 0.2) is 28.5 Å². The zero-order valence-corrected chi connectivity index (χ0v) is 22.3. The van der Waals surface area contributed by atoms with Crippen LogP contribution >= 0.6 is 34.4 Å². The van der Waals surface area contributed by atoms with Crippen molar-refractivity contribution in [2.75, 3.05) is 12.3 Å². The van der Waals surface area contributed by atoms with Crippen LogP contribution in [0.3, 0.4) is 0 Å². The third-order valence-electron chi connectivity index (χ3n) is 5.66. The van der Waals surface area contributed by atoms with Gasteiger partial charge in [-0.15, -0.1) is 0 Å². The molecule has 3 N–H and O–H groups in total. The third-order valence-corrected chi connectivity index (χ3v) is 7.97. The lowest BCUT2D eigenvalue weighted by atomic mass is 10.1. The van der Waals surface area contributed by atoms with Gasteiger partial charge >= 0.3 is 5.97 Å². The largest absolute Gasteiger partial charge is 0.450 e. The Kier molecular flexibility index (Phi) is 7.31. The minimum atomic E-state index is -1.22. The molecule has 0 aliphatic heterocycles. The summed E-state index contributed by atoms with van der Waals surface area (Å²) in [4.78, 5) is 38.1. The molecule has 0 unspecified atom stereocenters. The highest BCUT2D eigenvalue weighted by Crippen LogP contribution is 2.37. The molecule has 1 aliphatic carbocycles. The number of esters is 1. The monoisotopic (exact) mass is 594 g/mol. The van der Waals surface area contributed by atoms with Crippen LogP contribution in [0.5, 0.6) is 0 Å². The van der Waals surface area contributed by atoms with Crippen LogP contribution in [-0.4, -0.2) is 43.5 Å². The fourth-order valence-electron chi connectivity index (χ4n) is 4.02. The van der Waals surface area contributed by atoms with Gasteiger partial charge in [-0.1, -0.05) is 11.8 Å². The zero-order valence-electron chi connectivity index (χ0n) is 19.4. The number of amides is 1. The van der Waals surface area contributed by atoms with E-state index in [1.165, 1.54) is 34.4 Å². The Morgan fingerprint density at radius 3 is 2.74 bits per heavy atom. The molecule has 34 heavy (non-hydrogen) atoms. The van der Waals surface area contributed by atoms with Crippen molar-refractivity contribution in [2.24, 2.45) is 0 Å². The van der Waals surface area contributed by atoms with Gasteiger partial charge in [-0.2, -0.15) is 0 Å². The Balaban J connectivity index is 1.52. The van der Waals surface area contributed by atoms with Crippen molar-refractivity contribution >= 4 is 63.2 Å². The number of nitrogens with zero attached hydrogens (tertiary/aromatic N) is 4. The van der Waals surface area contributed by atoms with Crippen molar-refractivity contribution in [3.05, 3.63) is 33.2 Å². The van der Waals surface area contributed by atoms with Gasteiger partial charge in [-0.25, -0.2) is 15.0 Å². The Bertz CT molecular complexity index is 1260. The lowest BCUT2D eigenvalue weighted by Gasteiger charge is -2.23. The maximum Gasteiger partial charge on any atom is 0.303 e. The lowest BCUT2D eigenvalue weighted by Crippen LogP contribution is -2.45. The second-order valence-corrected chi connectivity index (χ2v) is 10.9. The Hall–Kier alpha value is -2.41. The molecule has 0 saturated carbocycles. The SMILES string of the molecule is CC(=O)OC(C)(C)C(=O)NCCCn1c(Sc2cc3c(cc2I)CCC3)nc2c(N)ncnc21. The number of carbonyl (C=O) groups excluding carboxylic acids is 2. The molecule has 2 heterocycles. The molecular weight excluding hydrogens is 567 g/mol. The quantitative estimate of drug-likeness (QED) is 0.231. The molecule has 0 spiro atoms. The fourth-order valence-corrected chi connectivity index (χ4v) is 5.86. The van der Waals surface area contributed by atoms with Crippen molar-refractivity contribution in [2.45, 2.75) is 68.7 Å². The number of imidazole rings is 1. The van der Waals surface area contributed by atoms with Gasteiger partial charge < -0.3 is 20.4 Å². The summed E-state index contributed by atoms with van der Waals surface area (Å²) >= 11 is 3.97. The number of aromatic nitrogens is 4. The summed E-state index contributed by atoms with van der Waals surface area (Å²) in [5, 5.41) is 3.62. The van der Waals surface area contributed by atoms with E-state index >= 15 is 0 Å². The molecule has 180 valence electrons. The Morgan fingerprint density at radius 1 is 1.26 bits per heavy atom. The second kappa shape index (κ2) is 10.1. The van der Waals surface area contributed by atoms with E-state index in [-0.39, 0.29) is 5.91 Å². The number of benzene rings is 1. The summed E-state index contributed by atoms with van der Waals surface area (Å²) in [6, 6.07) is 4.54. The highest BCUT2D eigenvalue weighted by atomic mass is 127. The number of nitrogens with one attached hydrogen (secondary N) is 1. The highest BCUT2D eigenvalue weighted by molar-refractivity contribution is 14.1. The Morgan fingerprint density at radius 2 is 2.00 bits per heavy atom. The second-order valence-electron chi connectivity index (χ2n) is 8.70. The standard InChI is InChI=1S/C23H27IN6O3S/c1-13(31)33-23(2,3)21(32)26-8-5-9-30-20-18(19(25)27-12-28-20)29-22(30)34-17-11-15-7-4-6-14(15)10-16(17)24/h10-12H,4-9H2,1-3H3,(H,26,32)(H2,25,27,28). The van der Waals surface area contributed by atoms with Gasteiger partial charge in [-0.05, 0) is 85.4 Å². The molecule has 4 rings (SSSR count). The van der Waals surface area contributed by atoms with Crippen LogP contribution in [-0.2, 0) is 33.7 Å². The number of rotatable bonds is 8. The zero-order chi connectivity index (χ0) is 24.5. The number of anilines is 1. The first-order valence-corrected chi connectivity index (χ1v) is 13.0. The van der Waals surface area contributed by atoms with Crippen LogP contribution < -0.4 is 11.1 Å². The van der Waals surface area contributed by atoms with Gasteiger partial charge in [0, 0.05) is 28.5 Å². The lowest BCUT2D eigenvalue weighted by molar-refractivity contribution is -0.162. The van der Waals surface area contributed by atoms with E-state index in [0.717, 1.165) is 22.9 Å². The fraction of sp³-hybridized carbons (Fsp3) is 0.435. The number of hydrogen-bond acceptors (Lipinski definition) is 8. The predicted molar refractivity (Wildman–Crippen MR) is 139 cm³/mol. The minimum absolute atomic E-state index is 0.339. The molecule has 1 amide bonds. The first kappa shape index (κ1) is 24.7. The van der Waals surface area contributed by atoms with Crippen molar-refractivity contribution in [3.63, 3.8) is 0 Å². The van der Waals surface area contributed by atoms with E-state index in [1.54, 1.807) is 25.6 Å². The first-order chi connectivity index (χ1) is 16.2. The molecule has 0 radical (unpaired) electrons.